The molecule has 24 heteroatoms. The largest absolute Gasteiger partial charge is 1.00 e. The number of carbonyl (C=O) groups excluding carboxylic acids is 3. The molecule has 422 valence electrons. The maximum absolute atomic E-state index is 11.8. The number of alkyl halides is 1. The summed E-state index contributed by atoms with van der Waals surface area (Å²) in [5, 5.41) is 16.1. The van der Waals surface area contributed by atoms with E-state index >= 15 is 0 Å². The predicted octanol–water partition coefficient (Wildman–Crippen LogP) is 2.84. The summed E-state index contributed by atoms with van der Waals surface area (Å²) >= 11 is 5.56. The van der Waals surface area contributed by atoms with Crippen LogP contribution < -0.4 is 153 Å². The molecule has 0 bridgehead atoms. The number of nitrogens with zero attached hydrogens (tertiary/aromatic N) is 12. The summed E-state index contributed by atoms with van der Waals surface area (Å²) in [5.41, 5.74) is 7.41. The molecule has 0 aliphatic carbocycles. The second kappa shape index (κ2) is 34.7. The fourth-order valence-electron chi connectivity index (χ4n) is 7.55. The van der Waals surface area contributed by atoms with E-state index in [-0.39, 0.29) is 163 Å². The molecule has 6 aromatic heterocycles. The Morgan fingerprint density at radius 2 is 1.04 bits per heavy atom. The van der Waals surface area contributed by atoms with Gasteiger partial charge in [0.2, 0.25) is 0 Å². The quantitative estimate of drug-likeness (QED) is 0.0631. The van der Waals surface area contributed by atoms with E-state index in [9.17, 15) is 9.59 Å². The summed E-state index contributed by atoms with van der Waals surface area (Å²) < 4.78 is 13.8. The molecular formula is C56H75BrCs2IN13O7. The Balaban J connectivity index is 0.000000354. The van der Waals surface area contributed by atoms with Gasteiger partial charge in [0.25, 0.3) is 6.47 Å². The third-order valence-corrected chi connectivity index (χ3v) is 13.1. The van der Waals surface area contributed by atoms with Crippen molar-refractivity contribution in [2.24, 2.45) is 0 Å². The second-order valence-electron chi connectivity index (χ2n) is 21.4. The van der Waals surface area contributed by atoms with Crippen molar-refractivity contribution in [1.82, 2.24) is 59.8 Å². The molecule has 1 N–H and O–H groups in total. The third-order valence-electron chi connectivity index (χ3n) is 11.9. The molecule has 10 heterocycles. The van der Waals surface area contributed by atoms with Gasteiger partial charge in [-0.05, 0) is 152 Å². The van der Waals surface area contributed by atoms with E-state index in [1.807, 2.05) is 125 Å². The summed E-state index contributed by atoms with van der Waals surface area (Å²) in [6, 6.07) is 18.5. The number of halogens is 2. The molecule has 80 heavy (non-hydrogen) atoms. The topological polar surface area (TPSA) is 232 Å². The summed E-state index contributed by atoms with van der Waals surface area (Å²) in [7, 11) is 0. The fraction of sp³-hybridized carbons (Fsp3) is 0.482. The molecule has 0 aromatic carbocycles. The van der Waals surface area contributed by atoms with Crippen LogP contribution in [0.3, 0.4) is 0 Å². The number of nitrogens with one attached hydrogen (secondary N) is 1. The number of aryl methyl sites for hydroxylation is 7. The minimum absolute atomic E-state index is 0. The molecule has 0 spiro atoms. The molecule has 4 aliphatic heterocycles. The number of anilines is 1. The van der Waals surface area contributed by atoms with Gasteiger partial charge in [-0.3, -0.25) is 19.7 Å². The van der Waals surface area contributed by atoms with Crippen LogP contribution in [0.25, 0.3) is 5.82 Å². The Morgan fingerprint density at radius 3 is 1.38 bits per heavy atom. The van der Waals surface area contributed by atoms with Crippen LogP contribution in [0.1, 0.15) is 118 Å². The number of hydrogen-bond acceptors (Lipinski definition) is 17. The van der Waals surface area contributed by atoms with E-state index < -0.39 is 5.60 Å². The van der Waals surface area contributed by atoms with E-state index in [1.165, 1.54) is 22.4 Å². The number of likely N-dealkylation sites (tertiary alicyclic amines) is 2. The van der Waals surface area contributed by atoms with Crippen LogP contribution in [0.15, 0.2) is 84.0 Å². The van der Waals surface area contributed by atoms with Crippen molar-refractivity contribution in [3.8, 4) is 5.82 Å². The monoisotopic (exact) mass is 1510 g/mol. The number of aromatic nitrogens is 9. The zero-order valence-electron chi connectivity index (χ0n) is 50.0. The standard InChI is InChI=1S/C18H21N7.C14H20N2O2.C9H12N2.C8H14INO2.C6H6BrN.CH2O3.2Cs.H/c1-11-5-6-16(19-8-11)15-9-24(10-15)17-7-18(22-12(2)21-17)25-14(4)20-13(3)23-25;1-10-5-6-12(15-7-10)11-8-16(9-11)13(17)18-14(2,3)4;1-7-2-3-9(11-4-7)8-5-10-6-8;1-8(2,3)12-7(11)10-4-6(9)5-10;1-5-2-3-6(7)8-4-5;2-1-4-3;;;/h5-8,15H,9-10H2,1-4H3;5-7,11H,8-9H2,1-4H3;2-4,8,10H,5-6H2,1H3;6H,4-5H2,1-3H3;2-4H,1H3;1,3H;;;/q;;;;;;2*+1;-1/p-1. The molecule has 4 saturated heterocycles. The Morgan fingerprint density at radius 1 is 0.625 bits per heavy atom. The van der Waals surface area contributed by atoms with E-state index in [2.05, 4.69) is 138 Å². The maximum Gasteiger partial charge on any atom is 1.00 e. The normalized spacial score (nSPS) is 14.7. The average molecular weight is 1510 g/mol. The van der Waals surface area contributed by atoms with Gasteiger partial charge in [-0.15, -0.1) is 5.10 Å². The number of rotatable bonds is 6. The van der Waals surface area contributed by atoms with E-state index in [4.69, 9.17) is 19.5 Å². The molecule has 20 nitrogen and oxygen atoms in total. The van der Waals surface area contributed by atoms with Gasteiger partial charge in [-0.1, -0.05) is 46.9 Å². The molecule has 0 unspecified atom stereocenters. The van der Waals surface area contributed by atoms with E-state index in [0.29, 0.717) is 34.8 Å². The van der Waals surface area contributed by atoms with Gasteiger partial charge in [0, 0.05) is 122 Å². The van der Waals surface area contributed by atoms with Crippen LogP contribution in [0.5, 0.6) is 0 Å². The Hall–Kier alpha value is -2.14. The number of carbonyl (C=O) groups is 3. The van der Waals surface area contributed by atoms with Crippen LogP contribution in [0.2, 0.25) is 0 Å². The zero-order chi connectivity index (χ0) is 57.3. The Kier molecular flexibility index (Phi) is 31.3. The SMILES string of the molecule is CC(C)(C)OC(=O)N1CC(I)C1.Cc1ccc(Br)nc1.Cc1ccc(C2CN(C(=O)OC(C)(C)C)C2)nc1.Cc1ccc(C2CN(c3cc(-n4nc(C)nc4C)nc(C)n3)C2)nc1.Cc1ccc(C2CNC2)nc1.O=CO[O-].[Cs+].[Cs+].[H-]. The maximum atomic E-state index is 11.8. The smallest absolute Gasteiger partial charge is 1.00 e. The zero-order valence-corrected chi connectivity index (χ0v) is 65.3. The average Bonchev–Trinajstić information content (AvgIpc) is 3.66. The van der Waals surface area contributed by atoms with Gasteiger partial charge in [0.05, 0.1) is 0 Å². The number of pyridine rings is 4. The summed E-state index contributed by atoms with van der Waals surface area (Å²) in [4.78, 5) is 70.7. The van der Waals surface area contributed by atoms with Crippen molar-refractivity contribution >= 4 is 63.0 Å². The van der Waals surface area contributed by atoms with Gasteiger partial charge < -0.3 is 41.1 Å². The number of hydrogen-bond donors (Lipinski definition) is 1. The first-order valence-corrected chi connectivity index (χ1v) is 27.7. The van der Waals surface area contributed by atoms with Crippen molar-refractivity contribution in [2.75, 3.05) is 57.3 Å². The first-order valence-electron chi connectivity index (χ1n) is 25.7. The first-order chi connectivity index (χ1) is 36.8. The van der Waals surface area contributed by atoms with Gasteiger partial charge in [-0.25, -0.2) is 29.5 Å². The third kappa shape index (κ3) is 24.8. The van der Waals surface area contributed by atoms with Crippen LogP contribution in [-0.2, 0) is 19.2 Å². The van der Waals surface area contributed by atoms with Crippen molar-refractivity contribution in [3.05, 3.63) is 141 Å². The van der Waals surface area contributed by atoms with Gasteiger partial charge in [0.1, 0.15) is 39.1 Å². The molecule has 2 amide bonds. The number of ether oxygens (including phenoxy) is 2. The summed E-state index contributed by atoms with van der Waals surface area (Å²) in [5.74, 6) is 5.45. The molecule has 6 aromatic rings. The van der Waals surface area contributed by atoms with Crippen LogP contribution in [0.4, 0.5) is 15.4 Å². The van der Waals surface area contributed by atoms with Crippen molar-refractivity contribution in [1.29, 1.82) is 0 Å². The predicted molar refractivity (Wildman–Crippen MR) is 310 cm³/mol. The molecule has 0 atom stereocenters. The molecule has 4 aliphatic rings. The van der Waals surface area contributed by atoms with Crippen LogP contribution in [-0.4, -0.2) is 141 Å². The van der Waals surface area contributed by atoms with Gasteiger partial charge >= 0.3 is 150 Å². The number of amides is 2. The van der Waals surface area contributed by atoms with Crippen molar-refractivity contribution < 1.29 is 173 Å². The molecule has 0 saturated carbocycles. The van der Waals surface area contributed by atoms with Gasteiger partial charge in [-0.2, -0.15) is 4.68 Å². The Labute approximate surface area is 612 Å². The van der Waals surface area contributed by atoms with Crippen molar-refractivity contribution in [2.45, 2.75) is 123 Å². The minimum atomic E-state index is -0.426. The van der Waals surface area contributed by atoms with Crippen LogP contribution in [0, 0.1) is 48.5 Å². The molecular weight excluding hydrogens is 1440 g/mol. The summed E-state index contributed by atoms with van der Waals surface area (Å²) in [6.45, 7) is 32.1. The Bertz CT molecular complexity index is 2830. The molecule has 10 rings (SSSR count). The van der Waals surface area contributed by atoms with E-state index in [0.717, 1.165) is 89.9 Å². The minimum Gasteiger partial charge on any atom is -1.00 e. The summed E-state index contributed by atoms with van der Waals surface area (Å²) in [6.07, 6.45) is 7.14. The van der Waals surface area contributed by atoms with Gasteiger partial charge in [0.15, 0.2) is 5.82 Å². The van der Waals surface area contributed by atoms with E-state index in [1.54, 1.807) is 14.5 Å². The van der Waals surface area contributed by atoms with Crippen LogP contribution >= 0.6 is 38.5 Å². The molecule has 0 radical (unpaired) electrons. The molecule has 4 fully saturated rings. The van der Waals surface area contributed by atoms with Crippen molar-refractivity contribution in [3.63, 3.8) is 0 Å². The first kappa shape index (κ1) is 72.1. The fourth-order valence-corrected chi connectivity index (χ4v) is 8.73. The second-order valence-corrected chi connectivity index (χ2v) is 24.0.